The maximum Gasteiger partial charge on any atom is 0.238 e. The van der Waals surface area contributed by atoms with Crippen LogP contribution in [0, 0.1) is 13.8 Å². The van der Waals surface area contributed by atoms with Crippen molar-refractivity contribution in [3.63, 3.8) is 0 Å². The summed E-state index contributed by atoms with van der Waals surface area (Å²) in [5.74, 6) is 0.670. The Hall–Kier alpha value is -1.45. The van der Waals surface area contributed by atoms with Gasteiger partial charge in [0.05, 0.1) is 5.75 Å². The molecule has 1 aliphatic rings. The van der Waals surface area contributed by atoms with Crippen LogP contribution in [0.5, 0.6) is 0 Å². The number of halogens is 1. The second-order valence-corrected chi connectivity index (χ2v) is 6.75. The number of nitrogens with zero attached hydrogens (tertiary/aromatic N) is 1. The number of thioether (sulfide) groups is 1. The van der Waals surface area contributed by atoms with Crippen LogP contribution in [0.15, 0.2) is 42.5 Å². The predicted molar refractivity (Wildman–Crippen MR) is 90.1 cm³/mol. The first-order valence-electron chi connectivity index (χ1n) is 6.82. The van der Waals surface area contributed by atoms with Crippen LogP contribution in [0.25, 0.3) is 0 Å². The van der Waals surface area contributed by atoms with Gasteiger partial charge in [0.25, 0.3) is 0 Å². The first-order valence-corrected chi connectivity index (χ1v) is 8.25. The van der Waals surface area contributed by atoms with Crippen molar-refractivity contribution in [2.24, 2.45) is 0 Å². The summed E-state index contributed by atoms with van der Waals surface area (Å²) in [5.41, 5.74) is 4.51. The molecule has 4 heteroatoms. The predicted octanol–water partition coefficient (Wildman–Crippen LogP) is 4.74. The SMILES string of the molecule is Cc1ccc(N2C(=O)CSC2c2ccc(Cl)cc2)cc1C. The molecule has 1 unspecified atom stereocenters. The average Bonchev–Trinajstić information content (AvgIpc) is 2.85. The van der Waals surface area contributed by atoms with E-state index in [1.165, 1.54) is 11.1 Å². The van der Waals surface area contributed by atoms with E-state index < -0.39 is 0 Å². The van der Waals surface area contributed by atoms with E-state index in [9.17, 15) is 4.79 Å². The van der Waals surface area contributed by atoms with E-state index in [0.717, 1.165) is 11.3 Å². The minimum atomic E-state index is 0.0249. The van der Waals surface area contributed by atoms with E-state index >= 15 is 0 Å². The Morgan fingerprint density at radius 1 is 1.10 bits per heavy atom. The number of amides is 1. The van der Waals surface area contributed by atoms with Crippen molar-refractivity contribution in [1.82, 2.24) is 0 Å². The molecule has 0 bridgehead atoms. The fraction of sp³-hybridized carbons (Fsp3) is 0.235. The summed E-state index contributed by atoms with van der Waals surface area (Å²) in [6, 6.07) is 13.9. The topological polar surface area (TPSA) is 20.3 Å². The van der Waals surface area contributed by atoms with Gasteiger partial charge < -0.3 is 0 Å². The van der Waals surface area contributed by atoms with Crippen LogP contribution in [0.4, 0.5) is 5.69 Å². The van der Waals surface area contributed by atoms with Gasteiger partial charge in [-0.05, 0) is 54.8 Å². The first kappa shape index (κ1) is 14.5. The third-order valence-electron chi connectivity index (χ3n) is 3.79. The quantitative estimate of drug-likeness (QED) is 0.797. The lowest BCUT2D eigenvalue weighted by molar-refractivity contribution is -0.115. The normalized spacial score (nSPS) is 18.3. The van der Waals surface area contributed by atoms with Crippen molar-refractivity contribution in [3.8, 4) is 0 Å². The third kappa shape index (κ3) is 2.81. The minimum absolute atomic E-state index is 0.0249. The largest absolute Gasteiger partial charge is 0.295 e. The molecular formula is C17H16ClNOS. The van der Waals surface area contributed by atoms with E-state index in [1.807, 2.05) is 35.2 Å². The van der Waals surface area contributed by atoms with Gasteiger partial charge in [0.1, 0.15) is 5.37 Å². The van der Waals surface area contributed by atoms with Crippen molar-refractivity contribution in [2.75, 3.05) is 10.7 Å². The molecule has 21 heavy (non-hydrogen) atoms. The molecule has 0 aromatic heterocycles. The van der Waals surface area contributed by atoms with Crippen LogP contribution in [0.3, 0.4) is 0 Å². The van der Waals surface area contributed by atoms with E-state index in [0.29, 0.717) is 10.8 Å². The lowest BCUT2D eigenvalue weighted by Gasteiger charge is -2.25. The zero-order valence-electron chi connectivity index (χ0n) is 12.0. The van der Waals surface area contributed by atoms with Crippen molar-refractivity contribution in [3.05, 3.63) is 64.2 Å². The summed E-state index contributed by atoms with van der Waals surface area (Å²) in [4.78, 5) is 14.2. The van der Waals surface area contributed by atoms with Gasteiger partial charge in [-0.3, -0.25) is 9.69 Å². The summed E-state index contributed by atoms with van der Waals surface area (Å²) < 4.78 is 0. The van der Waals surface area contributed by atoms with Gasteiger partial charge in [-0.2, -0.15) is 0 Å². The number of hydrogen-bond acceptors (Lipinski definition) is 2. The van der Waals surface area contributed by atoms with Gasteiger partial charge in [-0.1, -0.05) is 29.8 Å². The molecule has 108 valence electrons. The lowest BCUT2D eigenvalue weighted by atomic mass is 10.1. The second kappa shape index (κ2) is 5.74. The molecule has 0 aliphatic carbocycles. The number of benzene rings is 2. The van der Waals surface area contributed by atoms with Gasteiger partial charge in [0.15, 0.2) is 0 Å². The van der Waals surface area contributed by atoms with Gasteiger partial charge in [0.2, 0.25) is 5.91 Å². The molecule has 1 amide bonds. The molecule has 1 fully saturated rings. The first-order chi connectivity index (χ1) is 10.1. The lowest BCUT2D eigenvalue weighted by Crippen LogP contribution is -2.27. The molecule has 0 spiro atoms. The molecule has 0 N–H and O–H groups in total. The van der Waals surface area contributed by atoms with Crippen LogP contribution < -0.4 is 4.90 Å². The summed E-state index contributed by atoms with van der Waals surface area (Å²) >= 11 is 7.61. The van der Waals surface area contributed by atoms with Crippen LogP contribution in [0.1, 0.15) is 22.1 Å². The Balaban J connectivity index is 1.99. The number of carbonyl (C=O) groups excluding carboxylic acids is 1. The van der Waals surface area contributed by atoms with E-state index in [4.69, 9.17) is 11.6 Å². The number of rotatable bonds is 2. The molecule has 3 rings (SSSR count). The molecule has 0 radical (unpaired) electrons. The Labute approximate surface area is 134 Å². The third-order valence-corrected chi connectivity index (χ3v) is 5.26. The van der Waals surface area contributed by atoms with Crippen LogP contribution in [0.2, 0.25) is 5.02 Å². The molecule has 2 nitrogen and oxygen atoms in total. The molecule has 0 saturated carbocycles. The molecule has 1 saturated heterocycles. The van der Waals surface area contributed by atoms with E-state index in [2.05, 4.69) is 26.0 Å². The van der Waals surface area contributed by atoms with Crippen LogP contribution >= 0.6 is 23.4 Å². The van der Waals surface area contributed by atoms with Crippen molar-refractivity contribution in [1.29, 1.82) is 0 Å². The number of anilines is 1. The maximum absolute atomic E-state index is 12.3. The Kier molecular flexibility index (Phi) is 3.96. The highest BCUT2D eigenvalue weighted by molar-refractivity contribution is 8.00. The molecule has 2 aromatic rings. The Bertz CT molecular complexity index is 684. The second-order valence-electron chi connectivity index (χ2n) is 5.25. The van der Waals surface area contributed by atoms with Gasteiger partial charge in [-0.25, -0.2) is 0 Å². The highest BCUT2D eigenvalue weighted by atomic mass is 35.5. The summed E-state index contributed by atoms with van der Waals surface area (Å²) in [5, 5.41) is 0.739. The molecule has 1 heterocycles. The number of carbonyl (C=O) groups is 1. The maximum atomic E-state index is 12.3. The van der Waals surface area contributed by atoms with Gasteiger partial charge in [0, 0.05) is 10.7 Å². The van der Waals surface area contributed by atoms with Gasteiger partial charge >= 0.3 is 0 Å². The highest BCUT2D eigenvalue weighted by Gasteiger charge is 2.34. The van der Waals surface area contributed by atoms with E-state index in [-0.39, 0.29) is 11.3 Å². The fourth-order valence-corrected chi connectivity index (χ4v) is 3.76. The Morgan fingerprint density at radius 2 is 1.81 bits per heavy atom. The number of aryl methyl sites for hydroxylation is 2. The minimum Gasteiger partial charge on any atom is -0.295 e. The van der Waals surface area contributed by atoms with Crippen molar-refractivity contribution in [2.45, 2.75) is 19.2 Å². The molecular weight excluding hydrogens is 302 g/mol. The molecule has 1 aliphatic heterocycles. The summed E-state index contributed by atoms with van der Waals surface area (Å²) in [6.45, 7) is 4.15. The molecule has 1 atom stereocenters. The smallest absolute Gasteiger partial charge is 0.238 e. The van der Waals surface area contributed by atoms with Crippen molar-refractivity contribution < 1.29 is 4.79 Å². The zero-order chi connectivity index (χ0) is 15.0. The van der Waals surface area contributed by atoms with Crippen LogP contribution in [-0.4, -0.2) is 11.7 Å². The molecule has 2 aromatic carbocycles. The standard InChI is InChI=1S/C17H16ClNOS/c1-11-3-8-15(9-12(11)2)19-16(20)10-21-17(19)13-4-6-14(18)7-5-13/h3-9,17H,10H2,1-2H3. The Morgan fingerprint density at radius 3 is 2.48 bits per heavy atom. The van der Waals surface area contributed by atoms with Crippen molar-refractivity contribution >= 4 is 35.0 Å². The average molecular weight is 318 g/mol. The fourth-order valence-electron chi connectivity index (χ4n) is 2.45. The summed E-state index contributed by atoms with van der Waals surface area (Å²) in [7, 11) is 0. The highest BCUT2D eigenvalue weighted by Crippen LogP contribution is 2.42. The number of hydrogen-bond donors (Lipinski definition) is 0. The van der Waals surface area contributed by atoms with Gasteiger partial charge in [-0.15, -0.1) is 11.8 Å². The van der Waals surface area contributed by atoms with E-state index in [1.54, 1.807) is 11.8 Å². The monoisotopic (exact) mass is 317 g/mol. The summed E-state index contributed by atoms with van der Waals surface area (Å²) in [6.07, 6.45) is 0. The zero-order valence-corrected chi connectivity index (χ0v) is 13.5. The van der Waals surface area contributed by atoms with Crippen LogP contribution in [-0.2, 0) is 4.79 Å².